The predicted octanol–water partition coefficient (Wildman–Crippen LogP) is 3.80. The summed E-state index contributed by atoms with van der Waals surface area (Å²) in [6.07, 6.45) is 3.89. The SMILES string of the molecule is COc1ccc2c(Oc3ccc(NC(=O)c4c(C)n(C[C@@H](C)CC(N)C(=O)OS(C)(=O)=O)n(-c5ccccc5)c4=O)nc3)ccnc2c1. The molecular weight excluding hydrogens is 640 g/mol. The van der Waals surface area contributed by atoms with E-state index in [1.165, 1.54) is 10.9 Å². The number of benzene rings is 2. The van der Waals surface area contributed by atoms with E-state index in [1.807, 2.05) is 12.1 Å². The Labute approximate surface area is 276 Å². The highest BCUT2D eigenvalue weighted by Gasteiger charge is 2.27. The van der Waals surface area contributed by atoms with Crippen LogP contribution < -0.4 is 26.1 Å². The van der Waals surface area contributed by atoms with Crippen LogP contribution >= 0.6 is 0 Å². The van der Waals surface area contributed by atoms with E-state index in [9.17, 15) is 22.8 Å². The highest BCUT2D eigenvalue weighted by atomic mass is 32.2. The molecule has 1 amide bonds. The first kappa shape index (κ1) is 33.8. The van der Waals surface area contributed by atoms with Gasteiger partial charge in [0.05, 0.1) is 36.5 Å². The van der Waals surface area contributed by atoms with Crippen LogP contribution in [0, 0.1) is 12.8 Å². The molecule has 14 nitrogen and oxygen atoms in total. The van der Waals surface area contributed by atoms with Gasteiger partial charge in [-0.2, -0.15) is 8.42 Å². The van der Waals surface area contributed by atoms with Crippen LogP contribution in [-0.2, 0) is 25.6 Å². The number of nitrogens with zero attached hydrogens (tertiary/aromatic N) is 4. The summed E-state index contributed by atoms with van der Waals surface area (Å²) < 4.78 is 41.4. The van der Waals surface area contributed by atoms with Gasteiger partial charge < -0.3 is 24.7 Å². The third-order valence-electron chi connectivity index (χ3n) is 7.42. The number of hydrogen-bond donors (Lipinski definition) is 2. The van der Waals surface area contributed by atoms with Crippen LogP contribution in [0.25, 0.3) is 16.6 Å². The molecule has 2 aromatic carbocycles. The lowest BCUT2D eigenvalue weighted by Gasteiger charge is -2.20. The van der Waals surface area contributed by atoms with Crippen LogP contribution in [-0.4, -0.2) is 59.0 Å². The minimum absolute atomic E-state index is 0.0539. The molecule has 0 spiro atoms. The number of anilines is 1. The van der Waals surface area contributed by atoms with Crippen LogP contribution in [0.5, 0.6) is 17.2 Å². The second-order valence-electron chi connectivity index (χ2n) is 11.2. The predicted molar refractivity (Wildman–Crippen MR) is 178 cm³/mol. The number of nitrogens with one attached hydrogen (secondary N) is 1. The highest BCUT2D eigenvalue weighted by Crippen LogP contribution is 2.31. The van der Waals surface area contributed by atoms with Crippen LogP contribution in [0.4, 0.5) is 5.82 Å². The van der Waals surface area contributed by atoms with Gasteiger partial charge in [-0.15, -0.1) is 0 Å². The van der Waals surface area contributed by atoms with Gasteiger partial charge in [0.1, 0.15) is 34.7 Å². The van der Waals surface area contributed by atoms with Crippen molar-refractivity contribution in [1.82, 2.24) is 19.3 Å². The molecule has 2 atom stereocenters. The number of aromatic nitrogens is 4. The van der Waals surface area contributed by atoms with Gasteiger partial charge in [-0.25, -0.2) is 14.5 Å². The van der Waals surface area contributed by atoms with E-state index in [1.54, 1.807) is 86.4 Å². The summed E-state index contributed by atoms with van der Waals surface area (Å²) in [5.74, 6) is -0.248. The molecule has 15 heteroatoms. The van der Waals surface area contributed by atoms with E-state index >= 15 is 0 Å². The number of carbonyl (C=O) groups is 2. The molecule has 5 rings (SSSR count). The number of pyridine rings is 2. The Morgan fingerprint density at radius 2 is 1.75 bits per heavy atom. The average molecular weight is 675 g/mol. The first-order valence-electron chi connectivity index (χ1n) is 14.8. The van der Waals surface area contributed by atoms with Crippen molar-refractivity contribution in [3.8, 4) is 22.9 Å². The fraction of sp³-hybridized carbons (Fsp3) is 0.242. The van der Waals surface area contributed by atoms with E-state index in [2.05, 4.69) is 19.5 Å². The number of methoxy groups -OCH3 is 1. The van der Waals surface area contributed by atoms with E-state index in [0.29, 0.717) is 34.1 Å². The molecule has 1 unspecified atom stereocenters. The van der Waals surface area contributed by atoms with Gasteiger partial charge in [0, 0.05) is 24.2 Å². The Morgan fingerprint density at radius 1 is 1.02 bits per heavy atom. The Morgan fingerprint density at radius 3 is 2.42 bits per heavy atom. The maximum atomic E-state index is 13.8. The minimum Gasteiger partial charge on any atom is -0.497 e. The molecule has 0 aliphatic carbocycles. The molecule has 5 aromatic rings. The zero-order valence-corrected chi connectivity index (χ0v) is 27.4. The van der Waals surface area contributed by atoms with Crippen molar-refractivity contribution in [3.05, 3.63) is 101 Å². The summed E-state index contributed by atoms with van der Waals surface area (Å²) in [6.45, 7) is 3.59. The van der Waals surface area contributed by atoms with E-state index in [-0.39, 0.29) is 30.3 Å². The van der Waals surface area contributed by atoms with Crippen molar-refractivity contribution >= 4 is 38.7 Å². The average Bonchev–Trinajstić information content (AvgIpc) is 3.29. The first-order chi connectivity index (χ1) is 22.8. The number of ether oxygens (including phenoxy) is 2. The molecule has 0 fully saturated rings. The fourth-order valence-electron chi connectivity index (χ4n) is 5.20. The zero-order valence-electron chi connectivity index (χ0n) is 26.6. The smallest absolute Gasteiger partial charge is 0.338 e. The second kappa shape index (κ2) is 14.1. The maximum Gasteiger partial charge on any atom is 0.338 e. The van der Waals surface area contributed by atoms with Crippen molar-refractivity contribution in [3.63, 3.8) is 0 Å². The van der Waals surface area contributed by atoms with Crippen molar-refractivity contribution in [1.29, 1.82) is 0 Å². The number of rotatable bonds is 12. The van der Waals surface area contributed by atoms with Gasteiger partial charge in [0.15, 0.2) is 0 Å². The van der Waals surface area contributed by atoms with Gasteiger partial charge in [0.2, 0.25) is 0 Å². The van der Waals surface area contributed by atoms with Gasteiger partial charge in [0.25, 0.3) is 11.5 Å². The number of amides is 1. The van der Waals surface area contributed by atoms with Crippen LogP contribution in [0.2, 0.25) is 0 Å². The molecule has 0 bridgehead atoms. The lowest BCUT2D eigenvalue weighted by molar-refractivity contribution is -0.135. The number of fused-ring (bicyclic) bond motifs is 1. The van der Waals surface area contributed by atoms with Crippen molar-refractivity contribution < 1.29 is 31.7 Å². The quantitative estimate of drug-likeness (QED) is 0.183. The normalized spacial score (nSPS) is 12.7. The molecule has 0 radical (unpaired) electrons. The first-order valence-corrected chi connectivity index (χ1v) is 16.6. The molecule has 3 N–H and O–H groups in total. The molecule has 0 aliphatic heterocycles. The Hall–Kier alpha value is -5.54. The number of nitrogens with two attached hydrogens (primary N) is 1. The molecule has 0 saturated heterocycles. The Balaban J connectivity index is 1.36. The lowest BCUT2D eigenvalue weighted by atomic mass is 10.0. The third-order valence-corrected chi connectivity index (χ3v) is 7.88. The van der Waals surface area contributed by atoms with Gasteiger partial charge >= 0.3 is 16.1 Å². The maximum absolute atomic E-state index is 13.8. The van der Waals surface area contributed by atoms with Gasteiger partial charge in [-0.3, -0.25) is 19.3 Å². The van der Waals surface area contributed by atoms with Gasteiger partial charge in [-0.05, 0) is 61.7 Å². The van der Waals surface area contributed by atoms with Crippen LogP contribution in [0.3, 0.4) is 0 Å². The molecule has 0 saturated carbocycles. The zero-order chi connectivity index (χ0) is 34.6. The Bertz CT molecular complexity index is 2130. The third kappa shape index (κ3) is 7.70. The summed E-state index contributed by atoms with van der Waals surface area (Å²) in [5.41, 5.74) is 6.82. The van der Waals surface area contributed by atoms with Crippen LogP contribution in [0.1, 0.15) is 29.4 Å². The molecule has 250 valence electrons. The van der Waals surface area contributed by atoms with E-state index in [4.69, 9.17) is 15.2 Å². The monoisotopic (exact) mass is 674 g/mol. The summed E-state index contributed by atoms with van der Waals surface area (Å²) in [5, 5.41) is 3.47. The van der Waals surface area contributed by atoms with Crippen molar-refractivity contribution in [2.24, 2.45) is 11.7 Å². The second-order valence-corrected chi connectivity index (χ2v) is 12.8. The van der Waals surface area contributed by atoms with Crippen molar-refractivity contribution in [2.45, 2.75) is 32.9 Å². The molecular formula is C33H34N6O8S. The summed E-state index contributed by atoms with van der Waals surface area (Å²) >= 11 is 0. The summed E-state index contributed by atoms with van der Waals surface area (Å²) in [7, 11) is -2.44. The standard InChI is InChI=1S/C33H34N6O8S/c1-20(16-26(34)33(42)47-48(4,43)44)19-38-21(2)30(32(41)39(38)22-8-6-5-7-9-22)31(40)37-29-13-11-24(18-36-29)46-28-14-15-35-27-17-23(45-3)10-12-25(27)28/h5-15,17-18,20,26H,16,19,34H2,1-4H3,(H,36,37,40)/t20-,26?/m0/s1. The fourth-order valence-corrected chi connectivity index (χ4v) is 5.63. The number of carbonyl (C=O) groups excluding carboxylic acids is 2. The number of hydrogen-bond acceptors (Lipinski definition) is 11. The molecule has 3 aromatic heterocycles. The Kier molecular flexibility index (Phi) is 9.91. The largest absolute Gasteiger partial charge is 0.497 e. The number of para-hydroxylation sites is 1. The van der Waals surface area contributed by atoms with E-state index in [0.717, 1.165) is 11.6 Å². The van der Waals surface area contributed by atoms with E-state index < -0.39 is 33.6 Å². The topological polar surface area (TPSA) is 187 Å². The highest BCUT2D eigenvalue weighted by molar-refractivity contribution is 7.86. The summed E-state index contributed by atoms with van der Waals surface area (Å²) in [6, 6.07) is 17.9. The summed E-state index contributed by atoms with van der Waals surface area (Å²) in [4.78, 5) is 48.1. The van der Waals surface area contributed by atoms with Crippen LogP contribution in [0.15, 0.2) is 83.9 Å². The molecule has 48 heavy (non-hydrogen) atoms. The lowest BCUT2D eigenvalue weighted by Crippen LogP contribution is -2.36. The van der Waals surface area contributed by atoms with Crippen molar-refractivity contribution in [2.75, 3.05) is 18.7 Å². The minimum atomic E-state index is -4.02. The molecule has 3 heterocycles. The molecule has 0 aliphatic rings. The van der Waals surface area contributed by atoms with Gasteiger partial charge in [-0.1, -0.05) is 25.1 Å².